The third-order valence-electron chi connectivity index (χ3n) is 14.0. The predicted octanol–water partition coefficient (Wildman–Crippen LogP) is 15.3. The molecule has 9 aromatic carbocycles. The summed E-state index contributed by atoms with van der Waals surface area (Å²) in [5.41, 5.74) is 15.9. The molecule has 4 heterocycles. The average molecular weight is 846 g/mol. The molecule has 0 aliphatic heterocycles. The van der Waals surface area contributed by atoms with Crippen molar-refractivity contribution in [3.63, 3.8) is 0 Å². The molecule has 66 heavy (non-hydrogen) atoms. The number of aromatic nitrogens is 5. The molecule has 0 spiro atoms. The van der Waals surface area contributed by atoms with Gasteiger partial charge >= 0.3 is 0 Å². The lowest BCUT2D eigenvalue weighted by atomic mass is 9.82. The molecule has 0 unspecified atom stereocenters. The van der Waals surface area contributed by atoms with Crippen molar-refractivity contribution in [1.29, 1.82) is 0 Å². The largest absolute Gasteiger partial charge is 0.456 e. The lowest BCUT2D eigenvalue weighted by Crippen LogP contribution is -2.14. The van der Waals surface area contributed by atoms with Gasteiger partial charge in [0, 0.05) is 54.9 Å². The summed E-state index contributed by atoms with van der Waals surface area (Å²) in [6, 6.07) is 71.1. The number of nitrogens with zero attached hydrogens (tertiary/aromatic N) is 5. The van der Waals surface area contributed by atoms with Crippen molar-refractivity contribution < 1.29 is 4.42 Å². The maximum Gasteiger partial charge on any atom is 0.238 e. The highest BCUT2D eigenvalue weighted by atomic mass is 16.3. The van der Waals surface area contributed by atoms with Crippen molar-refractivity contribution >= 4 is 65.6 Å². The van der Waals surface area contributed by atoms with Crippen LogP contribution < -0.4 is 0 Å². The minimum Gasteiger partial charge on any atom is -0.456 e. The van der Waals surface area contributed by atoms with E-state index in [4.69, 9.17) is 19.4 Å². The Balaban J connectivity index is 1.06. The Hall–Kier alpha value is -8.61. The number of para-hydroxylation sites is 2. The highest BCUT2D eigenvalue weighted by Gasteiger charge is 2.37. The topological polar surface area (TPSA) is 61.7 Å². The van der Waals surface area contributed by atoms with Crippen LogP contribution in [-0.4, -0.2) is 24.1 Å². The first-order chi connectivity index (χ1) is 32.5. The summed E-state index contributed by atoms with van der Waals surface area (Å²) >= 11 is 0. The van der Waals surface area contributed by atoms with Gasteiger partial charge in [-0.1, -0.05) is 172 Å². The Kier molecular flexibility index (Phi) is 7.64. The Morgan fingerprint density at radius 2 is 0.955 bits per heavy atom. The summed E-state index contributed by atoms with van der Waals surface area (Å²) < 4.78 is 11.4. The van der Waals surface area contributed by atoms with Crippen LogP contribution >= 0.6 is 0 Å². The predicted molar refractivity (Wildman–Crippen MR) is 270 cm³/mol. The number of furan rings is 1. The molecule has 0 radical (unpaired) electrons. The first-order valence-corrected chi connectivity index (χ1v) is 22.5. The van der Waals surface area contributed by atoms with E-state index in [0.29, 0.717) is 17.6 Å². The van der Waals surface area contributed by atoms with Crippen LogP contribution in [0.3, 0.4) is 0 Å². The van der Waals surface area contributed by atoms with Gasteiger partial charge in [-0.15, -0.1) is 0 Å². The molecule has 0 saturated carbocycles. The highest BCUT2D eigenvalue weighted by molar-refractivity contribution is 6.24. The Morgan fingerprint density at radius 1 is 0.394 bits per heavy atom. The third-order valence-corrected chi connectivity index (χ3v) is 14.0. The van der Waals surface area contributed by atoms with Crippen LogP contribution in [0.25, 0.3) is 122 Å². The van der Waals surface area contributed by atoms with Crippen LogP contribution in [-0.2, 0) is 5.41 Å². The Morgan fingerprint density at radius 3 is 1.71 bits per heavy atom. The molecule has 0 saturated heterocycles. The van der Waals surface area contributed by atoms with Gasteiger partial charge in [-0.3, -0.25) is 4.57 Å². The molecule has 0 atom stereocenters. The van der Waals surface area contributed by atoms with Gasteiger partial charge in [0.25, 0.3) is 0 Å². The molecular formula is C60H39N5O. The number of fused-ring (bicyclic) bond motifs is 13. The van der Waals surface area contributed by atoms with E-state index >= 15 is 0 Å². The van der Waals surface area contributed by atoms with Crippen molar-refractivity contribution in [2.24, 2.45) is 0 Å². The molecule has 6 heteroatoms. The Labute approximate surface area is 379 Å². The number of rotatable bonds is 5. The summed E-state index contributed by atoms with van der Waals surface area (Å²) in [5, 5.41) is 6.70. The van der Waals surface area contributed by atoms with Crippen LogP contribution in [0.2, 0.25) is 0 Å². The second-order valence-electron chi connectivity index (χ2n) is 18.0. The molecule has 4 aromatic heterocycles. The molecule has 0 N–H and O–H groups in total. The van der Waals surface area contributed by atoms with E-state index in [9.17, 15) is 0 Å². The fourth-order valence-corrected chi connectivity index (χ4v) is 10.9. The van der Waals surface area contributed by atoms with Gasteiger partial charge in [-0.25, -0.2) is 4.98 Å². The van der Waals surface area contributed by atoms with E-state index in [-0.39, 0.29) is 5.41 Å². The molecule has 0 amide bonds. The van der Waals surface area contributed by atoms with Crippen molar-refractivity contribution in [3.8, 4) is 56.7 Å². The SMILES string of the molecule is CC1(C)c2ccccc2-c2c(-c3nc(-c4ccccc4)nc(-n4c5ccccc5c5ccc6c7ccccc7n(-c7ccc8c(c7)oc7cc(-c9ccccc9)ccc78)c6c54)n3)cccc21. The van der Waals surface area contributed by atoms with Gasteiger partial charge in [0.05, 0.1) is 27.8 Å². The summed E-state index contributed by atoms with van der Waals surface area (Å²) in [6.07, 6.45) is 0. The average Bonchev–Trinajstić information content (AvgIpc) is 4.09. The van der Waals surface area contributed by atoms with E-state index in [1.165, 1.54) is 22.3 Å². The number of hydrogen-bond donors (Lipinski definition) is 0. The zero-order chi connectivity index (χ0) is 43.7. The van der Waals surface area contributed by atoms with Crippen LogP contribution in [0.4, 0.5) is 0 Å². The van der Waals surface area contributed by atoms with E-state index in [1.54, 1.807) is 0 Å². The van der Waals surface area contributed by atoms with Crippen LogP contribution in [0.1, 0.15) is 25.0 Å². The van der Waals surface area contributed by atoms with E-state index in [2.05, 4.69) is 199 Å². The maximum atomic E-state index is 6.74. The summed E-state index contributed by atoms with van der Waals surface area (Å²) in [4.78, 5) is 16.3. The fourth-order valence-electron chi connectivity index (χ4n) is 10.9. The van der Waals surface area contributed by atoms with Crippen LogP contribution in [0.15, 0.2) is 205 Å². The van der Waals surface area contributed by atoms with Gasteiger partial charge in [-0.05, 0) is 69.8 Å². The second-order valence-corrected chi connectivity index (χ2v) is 18.0. The summed E-state index contributed by atoms with van der Waals surface area (Å²) in [5.74, 6) is 1.80. The number of hydrogen-bond acceptors (Lipinski definition) is 4. The molecule has 13 aromatic rings. The molecular weight excluding hydrogens is 807 g/mol. The second kappa shape index (κ2) is 13.7. The monoisotopic (exact) mass is 845 g/mol. The molecule has 0 bridgehead atoms. The first kappa shape index (κ1) is 36.8. The van der Waals surface area contributed by atoms with Crippen LogP contribution in [0.5, 0.6) is 0 Å². The minimum atomic E-state index is -0.178. The van der Waals surface area contributed by atoms with Gasteiger partial charge in [0.1, 0.15) is 11.2 Å². The van der Waals surface area contributed by atoms with Crippen molar-refractivity contribution in [2.45, 2.75) is 19.3 Å². The van der Waals surface area contributed by atoms with Crippen molar-refractivity contribution in [1.82, 2.24) is 24.1 Å². The third kappa shape index (κ3) is 5.21. The van der Waals surface area contributed by atoms with E-state index < -0.39 is 0 Å². The fraction of sp³-hybridized carbons (Fsp3) is 0.0500. The summed E-state index contributed by atoms with van der Waals surface area (Å²) in [6.45, 7) is 4.62. The standard InChI is InChI=1S/C60H39N5O/c1-60(2)48-24-12-9-22-46(48)54-47(23-15-25-49(54)60)58-61-57(37-18-7-4-8-19-37)62-59(63-58)65-51-27-14-11-21-41(51)45-33-32-44-40-20-10-13-26-50(40)64(55(44)56(45)65)39-29-31-43-42-30-28-38(36-16-5-3-6-17-36)34-52(42)66-53(43)35-39/h3-35H,1-2H3. The molecule has 1 aliphatic carbocycles. The van der Waals surface area contributed by atoms with Gasteiger partial charge in [0.2, 0.25) is 5.95 Å². The van der Waals surface area contributed by atoms with E-state index in [0.717, 1.165) is 93.5 Å². The lowest BCUT2D eigenvalue weighted by Gasteiger charge is -2.21. The lowest BCUT2D eigenvalue weighted by molar-refractivity contribution is 0.660. The molecule has 6 nitrogen and oxygen atoms in total. The number of benzene rings is 9. The van der Waals surface area contributed by atoms with Crippen molar-refractivity contribution in [3.05, 3.63) is 211 Å². The van der Waals surface area contributed by atoms with E-state index in [1.807, 2.05) is 24.3 Å². The molecule has 14 rings (SSSR count). The van der Waals surface area contributed by atoms with Gasteiger partial charge in [-0.2, -0.15) is 9.97 Å². The quantitative estimate of drug-likeness (QED) is 0.173. The molecule has 0 fully saturated rings. The normalized spacial score (nSPS) is 13.1. The van der Waals surface area contributed by atoms with Gasteiger partial charge < -0.3 is 8.98 Å². The van der Waals surface area contributed by atoms with Crippen molar-refractivity contribution in [2.75, 3.05) is 0 Å². The van der Waals surface area contributed by atoms with Gasteiger partial charge in [0.15, 0.2) is 11.6 Å². The van der Waals surface area contributed by atoms with Crippen LogP contribution in [0, 0.1) is 0 Å². The smallest absolute Gasteiger partial charge is 0.238 e. The zero-order valence-corrected chi connectivity index (χ0v) is 36.2. The minimum absolute atomic E-state index is 0.178. The highest BCUT2D eigenvalue weighted by Crippen LogP contribution is 2.52. The summed E-state index contributed by atoms with van der Waals surface area (Å²) in [7, 11) is 0. The zero-order valence-electron chi connectivity index (χ0n) is 36.2. The molecule has 310 valence electrons. The Bertz CT molecular complexity index is 4140. The molecule has 1 aliphatic rings. The maximum absolute atomic E-state index is 6.74. The first-order valence-electron chi connectivity index (χ1n) is 22.5.